The Morgan fingerprint density at radius 2 is 1.84 bits per heavy atom. The third kappa shape index (κ3) is 6.60. The topological polar surface area (TPSA) is 60.3 Å². The highest BCUT2D eigenvalue weighted by Gasteiger charge is 2.19. The van der Waals surface area contributed by atoms with E-state index < -0.39 is 0 Å². The number of anilines is 1. The summed E-state index contributed by atoms with van der Waals surface area (Å²) in [7, 11) is 1.99. The summed E-state index contributed by atoms with van der Waals surface area (Å²) in [5, 5.41) is 13.0. The number of guanidine groups is 1. The van der Waals surface area contributed by atoms with Crippen LogP contribution in [0.25, 0.3) is 0 Å². The third-order valence-electron chi connectivity index (χ3n) is 5.58. The number of hydrogen-bond donors (Lipinski definition) is 2. The van der Waals surface area contributed by atoms with E-state index in [-0.39, 0.29) is 11.9 Å². The molecule has 0 saturated carbocycles. The molecule has 2 N–H and O–H groups in total. The summed E-state index contributed by atoms with van der Waals surface area (Å²) >= 11 is 0. The van der Waals surface area contributed by atoms with Gasteiger partial charge in [0.25, 0.3) is 0 Å². The minimum atomic E-state index is -0.271. The number of aliphatic hydroxyl groups excluding tert-OH is 1. The molecule has 1 aliphatic rings. The predicted molar refractivity (Wildman–Crippen MR) is 128 cm³/mol. The first-order chi connectivity index (χ1) is 15.5. The van der Waals surface area contributed by atoms with Gasteiger partial charge in [-0.2, -0.15) is 0 Å². The van der Waals surface area contributed by atoms with E-state index in [1.165, 1.54) is 0 Å². The number of benzene rings is 2. The summed E-state index contributed by atoms with van der Waals surface area (Å²) in [4.78, 5) is 8.78. The van der Waals surface area contributed by atoms with E-state index >= 15 is 0 Å². The lowest BCUT2D eigenvalue weighted by Crippen LogP contribution is -2.38. The van der Waals surface area contributed by atoms with Gasteiger partial charge in [-0.3, -0.25) is 0 Å². The number of piperidine rings is 1. The minimum Gasteiger partial charge on any atom is -0.494 e. The van der Waals surface area contributed by atoms with Crippen LogP contribution in [-0.2, 0) is 13.1 Å². The summed E-state index contributed by atoms with van der Waals surface area (Å²) in [6.07, 6.45) is 1.09. The predicted octanol–water partition coefficient (Wildman–Crippen LogP) is 3.78. The third-order valence-corrected chi connectivity index (χ3v) is 5.58. The number of nitrogens with zero attached hydrogens (tertiary/aromatic N) is 3. The Bertz CT molecular complexity index is 880. The van der Waals surface area contributed by atoms with Gasteiger partial charge in [0.2, 0.25) is 0 Å². The van der Waals surface area contributed by atoms with E-state index in [4.69, 9.17) is 9.73 Å². The molecule has 174 valence electrons. The molecule has 1 saturated heterocycles. The van der Waals surface area contributed by atoms with Crippen molar-refractivity contribution >= 4 is 11.6 Å². The van der Waals surface area contributed by atoms with Crippen LogP contribution in [0.1, 0.15) is 37.8 Å². The Hall–Kier alpha value is -2.80. The molecule has 2 aromatic rings. The molecule has 3 rings (SSSR count). The smallest absolute Gasteiger partial charge is 0.194 e. The Morgan fingerprint density at radius 3 is 2.47 bits per heavy atom. The number of aliphatic hydroxyl groups is 1. The van der Waals surface area contributed by atoms with Gasteiger partial charge in [0.05, 0.1) is 24.9 Å². The molecule has 1 aliphatic heterocycles. The molecule has 1 fully saturated rings. The highest BCUT2D eigenvalue weighted by molar-refractivity contribution is 5.79. The standard InChI is InChI=1S/C25H35FN4O2/c1-4-27-25(29(3)18-19-6-9-22(10-7-19)32-5-2)28-17-20-8-11-24(23(26)16-20)30-14-12-21(31)13-15-30/h6-11,16,21,31H,4-5,12-15,17-18H2,1-3H3,(H,27,28). The summed E-state index contributed by atoms with van der Waals surface area (Å²) in [6, 6.07) is 13.4. The Morgan fingerprint density at radius 1 is 1.16 bits per heavy atom. The second kappa shape index (κ2) is 11.7. The zero-order valence-corrected chi connectivity index (χ0v) is 19.4. The lowest BCUT2D eigenvalue weighted by atomic mass is 10.1. The van der Waals surface area contributed by atoms with Gasteiger partial charge >= 0.3 is 0 Å². The van der Waals surface area contributed by atoms with Gasteiger partial charge in [-0.25, -0.2) is 9.38 Å². The van der Waals surface area contributed by atoms with Crippen molar-refractivity contribution in [1.82, 2.24) is 10.2 Å². The van der Waals surface area contributed by atoms with E-state index in [0.29, 0.717) is 51.3 Å². The normalized spacial score (nSPS) is 15.0. The first kappa shape index (κ1) is 23.9. The fraction of sp³-hybridized carbons (Fsp3) is 0.480. The Kier molecular flexibility index (Phi) is 8.73. The highest BCUT2D eigenvalue weighted by Crippen LogP contribution is 2.24. The molecule has 6 nitrogen and oxygen atoms in total. The molecule has 0 spiro atoms. The van der Waals surface area contributed by atoms with Gasteiger partial charge in [-0.05, 0) is 62.1 Å². The van der Waals surface area contributed by atoms with Crippen LogP contribution in [0.4, 0.5) is 10.1 Å². The van der Waals surface area contributed by atoms with Crippen molar-refractivity contribution < 1.29 is 14.2 Å². The molecular weight excluding hydrogens is 407 g/mol. The molecule has 1 heterocycles. The molecule has 0 unspecified atom stereocenters. The molecule has 32 heavy (non-hydrogen) atoms. The lowest BCUT2D eigenvalue weighted by Gasteiger charge is -2.31. The lowest BCUT2D eigenvalue weighted by molar-refractivity contribution is 0.145. The van der Waals surface area contributed by atoms with Crippen molar-refractivity contribution in [3.63, 3.8) is 0 Å². The van der Waals surface area contributed by atoms with Crippen LogP contribution in [0.2, 0.25) is 0 Å². The molecule has 0 aromatic heterocycles. The fourth-order valence-corrected chi connectivity index (χ4v) is 3.85. The molecule has 0 atom stereocenters. The maximum Gasteiger partial charge on any atom is 0.194 e. The first-order valence-electron chi connectivity index (χ1n) is 11.4. The van der Waals surface area contributed by atoms with Crippen LogP contribution < -0.4 is 15.0 Å². The van der Waals surface area contributed by atoms with Crippen LogP contribution in [0.3, 0.4) is 0 Å². The van der Waals surface area contributed by atoms with Gasteiger partial charge in [-0.15, -0.1) is 0 Å². The largest absolute Gasteiger partial charge is 0.494 e. The molecule has 0 amide bonds. The van der Waals surface area contributed by atoms with Gasteiger partial charge < -0.3 is 25.0 Å². The van der Waals surface area contributed by atoms with Gasteiger partial charge in [0, 0.05) is 33.2 Å². The van der Waals surface area contributed by atoms with Crippen LogP contribution in [0.5, 0.6) is 5.75 Å². The second-order valence-corrected chi connectivity index (χ2v) is 8.11. The number of aliphatic imine (C=N–C) groups is 1. The summed E-state index contributed by atoms with van der Waals surface area (Å²) < 4.78 is 20.3. The van der Waals surface area contributed by atoms with E-state index in [2.05, 4.69) is 22.3 Å². The highest BCUT2D eigenvalue weighted by atomic mass is 19.1. The van der Waals surface area contributed by atoms with Crippen LogP contribution >= 0.6 is 0 Å². The first-order valence-corrected chi connectivity index (χ1v) is 11.4. The van der Waals surface area contributed by atoms with Crippen LogP contribution in [-0.4, -0.2) is 55.4 Å². The van der Waals surface area contributed by atoms with Crippen molar-refractivity contribution in [1.29, 1.82) is 0 Å². The molecule has 0 radical (unpaired) electrons. The van der Waals surface area contributed by atoms with Crippen molar-refractivity contribution in [3.05, 3.63) is 59.4 Å². The van der Waals surface area contributed by atoms with E-state index in [1.807, 2.05) is 50.1 Å². The molecule has 0 bridgehead atoms. The SMILES string of the molecule is CCNC(=NCc1ccc(N2CCC(O)CC2)c(F)c1)N(C)Cc1ccc(OCC)cc1. The number of nitrogens with one attached hydrogen (secondary N) is 1. The average molecular weight is 443 g/mol. The number of ether oxygens (including phenoxy) is 1. The van der Waals surface area contributed by atoms with Gasteiger partial charge in [-0.1, -0.05) is 18.2 Å². The monoisotopic (exact) mass is 442 g/mol. The fourth-order valence-electron chi connectivity index (χ4n) is 3.85. The number of hydrogen-bond acceptors (Lipinski definition) is 4. The van der Waals surface area contributed by atoms with Gasteiger partial charge in [0.1, 0.15) is 11.6 Å². The summed E-state index contributed by atoms with van der Waals surface area (Å²) in [5.41, 5.74) is 2.58. The second-order valence-electron chi connectivity index (χ2n) is 8.11. The molecular formula is C25H35FN4O2. The van der Waals surface area contributed by atoms with E-state index in [1.54, 1.807) is 6.07 Å². The number of halogens is 1. The quantitative estimate of drug-likeness (QED) is 0.481. The average Bonchev–Trinajstić information content (AvgIpc) is 2.79. The minimum absolute atomic E-state index is 0.234. The summed E-state index contributed by atoms with van der Waals surface area (Å²) in [6.45, 7) is 7.86. The molecule has 0 aliphatic carbocycles. The number of rotatable bonds is 8. The van der Waals surface area contributed by atoms with Crippen molar-refractivity contribution in [2.45, 2.75) is 45.9 Å². The summed E-state index contributed by atoms with van der Waals surface area (Å²) in [5.74, 6) is 1.41. The van der Waals surface area contributed by atoms with E-state index in [0.717, 1.165) is 29.4 Å². The van der Waals surface area contributed by atoms with Crippen LogP contribution in [0, 0.1) is 5.82 Å². The Balaban J connectivity index is 1.64. The maximum absolute atomic E-state index is 14.7. The maximum atomic E-state index is 14.7. The van der Waals surface area contributed by atoms with E-state index in [9.17, 15) is 9.50 Å². The van der Waals surface area contributed by atoms with Gasteiger partial charge in [0.15, 0.2) is 5.96 Å². The zero-order valence-electron chi connectivity index (χ0n) is 19.4. The van der Waals surface area contributed by atoms with Crippen molar-refractivity contribution in [2.24, 2.45) is 4.99 Å². The van der Waals surface area contributed by atoms with Crippen molar-refractivity contribution in [2.75, 3.05) is 38.2 Å². The molecule has 2 aromatic carbocycles. The van der Waals surface area contributed by atoms with Crippen LogP contribution in [0.15, 0.2) is 47.5 Å². The molecule has 7 heteroatoms. The Labute approximate surface area is 190 Å². The zero-order chi connectivity index (χ0) is 22.9. The van der Waals surface area contributed by atoms with Crippen molar-refractivity contribution in [3.8, 4) is 5.75 Å².